The fourth-order valence-corrected chi connectivity index (χ4v) is 1.96. The highest BCUT2D eigenvalue weighted by Gasteiger charge is 2.24. The third-order valence-electron chi connectivity index (χ3n) is 1.95. The molecule has 0 saturated heterocycles. The molecule has 0 amide bonds. The van der Waals surface area contributed by atoms with Crippen molar-refractivity contribution in [2.75, 3.05) is 5.75 Å². The molecule has 0 unspecified atom stereocenters. The van der Waals surface area contributed by atoms with Crippen molar-refractivity contribution >= 4 is 17.7 Å². The summed E-state index contributed by atoms with van der Waals surface area (Å²) in [5.74, 6) is -1.19. The molecule has 0 saturated carbocycles. The number of carboxylic acid groups (broad SMARTS) is 1. The molecular formula is C10H9N2O4S+. The molecule has 0 spiro atoms. The lowest BCUT2D eigenvalue weighted by atomic mass is 10.3. The van der Waals surface area contributed by atoms with Crippen LogP contribution in [0.2, 0.25) is 0 Å². The Morgan fingerprint density at radius 1 is 1.41 bits per heavy atom. The van der Waals surface area contributed by atoms with Gasteiger partial charge in [-0.15, -0.1) is 0 Å². The number of H-pyrrole nitrogens is 1. The van der Waals surface area contributed by atoms with Gasteiger partial charge in [-0.05, 0) is 21.7 Å². The van der Waals surface area contributed by atoms with E-state index in [1.165, 1.54) is 4.68 Å². The van der Waals surface area contributed by atoms with E-state index < -0.39 is 11.6 Å². The second-order valence-corrected chi connectivity index (χ2v) is 4.10. The summed E-state index contributed by atoms with van der Waals surface area (Å²) in [6.07, 6.45) is 0. The van der Waals surface area contributed by atoms with Crippen LogP contribution in [0.5, 0.6) is 0 Å². The standard InChI is InChI=1S/C10H8N2O4S/c13-8(14)6-17-9-10(15)16-11-12(9)7-4-2-1-3-5-7/h1-5H,6H2,(H-,11,13,14,15)/p+1. The molecule has 2 aromatic rings. The molecule has 1 aromatic carbocycles. The first-order valence-electron chi connectivity index (χ1n) is 4.72. The van der Waals surface area contributed by atoms with E-state index in [1.54, 1.807) is 24.3 Å². The van der Waals surface area contributed by atoms with E-state index in [9.17, 15) is 9.59 Å². The van der Waals surface area contributed by atoms with Crippen molar-refractivity contribution in [3.8, 4) is 5.69 Å². The number of rotatable bonds is 4. The minimum absolute atomic E-state index is 0.199. The molecule has 6 nitrogen and oxygen atoms in total. The van der Waals surface area contributed by atoms with E-state index in [-0.39, 0.29) is 10.8 Å². The first-order valence-corrected chi connectivity index (χ1v) is 5.70. The lowest BCUT2D eigenvalue weighted by molar-refractivity contribution is -0.704. The highest BCUT2D eigenvalue weighted by Crippen LogP contribution is 2.10. The Bertz CT molecular complexity index is 575. The van der Waals surface area contributed by atoms with Gasteiger partial charge < -0.3 is 5.11 Å². The Balaban J connectivity index is 2.36. The number of aromatic nitrogens is 2. The Hall–Kier alpha value is -2.02. The Morgan fingerprint density at radius 3 is 2.76 bits per heavy atom. The number of para-hydroxylation sites is 1. The zero-order valence-electron chi connectivity index (χ0n) is 8.62. The molecule has 0 aliphatic heterocycles. The van der Waals surface area contributed by atoms with Gasteiger partial charge in [0.25, 0.3) is 0 Å². The van der Waals surface area contributed by atoms with Crippen LogP contribution in [0.3, 0.4) is 0 Å². The highest BCUT2D eigenvalue weighted by atomic mass is 32.2. The summed E-state index contributed by atoms with van der Waals surface area (Å²) < 4.78 is 6.06. The third kappa shape index (κ3) is 2.56. The van der Waals surface area contributed by atoms with Gasteiger partial charge in [-0.25, -0.2) is 4.79 Å². The lowest BCUT2D eigenvalue weighted by Gasteiger charge is -1.91. The molecule has 2 rings (SSSR count). The van der Waals surface area contributed by atoms with Crippen molar-refractivity contribution < 1.29 is 19.1 Å². The third-order valence-corrected chi connectivity index (χ3v) is 2.97. The van der Waals surface area contributed by atoms with Gasteiger partial charge in [0.05, 0.1) is 0 Å². The van der Waals surface area contributed by atoms with Gasteiger partial charge in [-0.2, -0.15) is 0 Å². The summed E-state index contributed by atoms with van der Waals surface area (Å²) in [6.45, 7) is 0. The predicted octanol–water partition coefficient (Wildman–Crippen LogP) is 0.421. The summed E-state index contributed by atoms with van der Waals surface area (Å²) in [5.41, 5.74) is 0.117. The topological polar surface area (TPSA) is 87.2 Å². The Kier molecular flexibility index (Phi) is 3.29. The number of carbonyl (C=O) groups is 1. The monoisotopic (exact) mass is 253 g/mol. The van der Waals surface area contributed by atoms with Crippen LogP contribution >= 0.6 is 11.8 Å². The molecule has 0 aliphatic rings. The van der Waals surface area contributed by atoms with Gasteiger partial charge in [0.2, 0.25) is 5.69 Å². The Labute approximate surface area is 99.8 Å². The fourth-order valence-electron chi connectivity index (χ4n) is 1.26. The minimum atomic E-state index is -0.991. The predicted molar refractivity (Wildman–Crippen MR) is 59.2 cm³/mol. The zero-order valence-corrected chi connectivity index (χ0v) is 9.44. The average molecular weight is 253 g/mol. The number of nitrogens with one attached hydrogen (secondary N) is 1. The first kappa shape index (κ1) is 11.5. The van der Waals surface area contributed by atoms with Crippen molar-refractivity contribution in [2.24, 2.45) is 0 Å². The highest BCUT2D eigenvalue weighted by molar-refractivity contribution is 7.99. The molecule has 17 heavy (non-hydrogen) atoms. The number of thioether (sulfide) groups is 1. The summed E-state index contributed by atoms with van der Waals surface area (Å²) in [4.78, 5) is 21.9. The number of aliphatic carboxylic acids is 1. The molecule has 0 fully saturated rings. The average Bonchev–Trinajstić information content (AvgIpc) is 2.69. The van der Waals surface area contributed by atoms with Crippen LogP contribution in [0, 0.1) is 0 Å². The zero-order chi connectivity index (χ0) is 12.3. The van der Waals surface area contributed by atoms with E-state index in [4.69, 9.17) is 5.11 Å². The maximum Gasteiger partial charge on any atom is 0.442 e. The first-order chi connectivity index (χ1) is 8.18. The molecule has 1 aromatic heterocycles. The maximum absolute atomic E-state index is 11.4. The van der Waals surface area contributed by atoms with Gasteiger partial charge >= 0.3 is 16.6 Å². The smallest absolute Gasteiger partial charge is 0.442 e. The lowest BCUT2D eigenvalue weighted by Crippen LogP contribution is -2.36. The van der Waals surface area contributed by atoms with Crippen LogP contribution in [-0.4, -0.2) is 22.1 Å². The van der Waals surface area contributed by atoms with E-state index >= 15 is 0 Å². The van der Waals surface area contributed by atoms with Crippen LogP contribution in [0.15, 0.2) is 44.7 Å². The number of hydrogen-bond donors (Lipinski definition) is 2. The summed E-state index contributed by atoms with van der Waals surface area (Å²) in [6, 6.07) is 9.00. The van der Waals surface area contributed by atoms with Crippen molar-refractivity contribution in [3.05, 3.63) is 40.8 Å². The molecule has 1 heterocycles. The van der Waals surface area contributed by atoms with Crippen molar-refractivity contribution in [3.63, 3.8) is 0 Å². The second-order valence-electron chi connectivity index (χ2n) is 3.14. The second kappa shape index (κ2) is 4.88. The number of benzene rings is 1. The quantitative estimate of drug-likeness (QED) is 0.609. The van der Waals surface area contributed by atoms with Gasteiger partial charge in [-0.1, -0.05) is 18.2 Å². The van der Waals surface area contributed by atoms with Crippen LogP contribution in [0.4, 0.5) is 0 Å². The van der Waals surface area contributed by atoms with Gasteiger partial charge in [-0.3, -0.25) is 9.32 Å². The molecular weight excluding hydrogens is 244 g/mol. The van der Waals surface area contributed by atoms with Crippen molar-refractivity contribution in [2.45, 2.75) is 5.03 Å². The number of carboxylic acids is 1. The molecule has 88 valence electrons. The van der Waals surface area contributed by atoms with E-state index in [1.807, 2.05) is 6.07 Å². The van der Waals surface area contributed by atoms with Crippen LogP contribution in [0.25, 0.3) is 5.69 Å². The molecule has 0 atom stereocenters. The van der Waals surface area contributed by atoms with Gasteiger partial charge in [0.1, 0.15) is 5.75 Å². The van der Waals surface area contributed by atoms with E-state index in [0.29, 0.717) is 5.69 Å². The number of hydrogen-bond acceptors (Lipinski definition) is 4. The minimum Gasteiger partial charge on any atom is -0.481 e. The number of aromatic amines is 1. The van der Waals surface area contributed by atoms with E-state index in [2.05, 4.69) is 9.79 Å². The van der Waals surface area contributed by atoms with Crippen LogP contribution in [-0.2, 0) is 4.79 Å². The Morgan fingerprint density at radius 2 is 2.12 bits per heavy atom. The van der Waals surface area contributed by atoms with Gasteiger partial charge in [0, 0.05) is 12.1 Å². The largest absolute Gasteiger partial charge is 0.481 e. The summed E-state index contributed by atoms with van der Waals surface area (Å²) in [5, 5.41) is 11.2. The SMILES string of the molecule is O=C(O)CSc1c(=O)o[nH][n+]1-c1ccccc1. The molecule has 0 bridgehead atoms. The molecule has 2 N–H and O–H groups in total. The normalized spacial score (nSPS) is 10.4. The summed E-state index contributed by atoms with van der Waals surface area (Å²) >= 11 is 0.909. The number of nitrogens with zero attached hydrogens (tertiary/aromatic N) is 1. The summed E-state index contributed by atoms with van der Waals surface area (Å²) in [7, 11) is 0. The molecule has 0 aliphatic carbocycles. The van der Waals surface area contributed by atoms with Crippen molar-refractivity contribution in [1.29, 1.82) is 0 Å². The molecule has 7 heteroatoms. The van der Waals surface area contributed by atoms with Crippen LogP contribution < -0.4 is 10.3 Å². The maximum atomic E-state index is 11.4. The van der Waals surface area contributed by atoms with E-state index in [0.717, 1.165) is 11.8 Å². The van der Waals surface area contributed by atoms with Gasteiger partial charge in [0.15, 0.2) is 0 Å². The molecule has 0 radical (unpaired) electrons. The fraction of sp³-hybridized carbons (Fsp3) is 0.100. The van der Waals surface area contributed by atoms with Crippen molar-refractivity contribution in [1.82, 2.24) is 5.27 Å². The van der Waals surface area contributed by atoms with Crippen LogP contribution in [0.1, 0.15) is 0 Å².